The predicted octanol–water partition coefficient (Wildman–Crippen LogP) is 6.41. The monoisotopic (exact) mass is 524 g/mol. The summed E-state index contributed by atoms with van der Waals surface area (Å²) in [6.45, 7) is 1.53. The van der Waals surface area contributed by atoms with Crippen LogP contribution in [0.2, 0.25) is 0 Å². The summed E-state index contributed by atoms with van der Waals surface area (Å²) in [5, 5.41) is 13.6. The lowest BCUT2D eigenvalue weighted by molar-refractivity contribution is -0.384. The van der Waals surface area contributed by atoms with E-state index in [1.165, 1.54) is 36.8 Å². The van der Waals surface area contributed by atoms with Gasteiger partial charge in [0.15, 0.2) is 0 Å². The van der Waals surface area contributed by atoms with E-state index in [4.69, 9.17) is 13.8 Å². The van der Waals surface area contributed by atoms with Gasteiger partial charge in [-0.15, -0.1) is 0 Å². The molecule has 37 heavy (non-hydrogen) atoms. The minimum absolute atomic E-state index is 0.0807. The van der Waals surface area contributed by atoms with E-state index in [0.29, 0.717) is 5.92 Å². The molecule has 1 fully saturated rings. The second-order valence-corrected chi connectivity index (χ2v) is 10.5. The third kappa shape index (κ3) is 7.41. The van der Waals surface area contributed by atoms with Crippen LogP contribution < -0.4 is 14.1 Å². The van der Waals surface area contributed by atoms with E-state index < -0.39 is 24.7 Å². The first-order chi connectivity index (χ1) is 17.8. The molecule has 0 aliphatic heterocycles. The zero-order valence-electron chi connectivity index (χ0n) is 20.4. The van der Waals surface area contributed by atoms with Gasteiger partial charge in [-0.25, -0.2) is 4.57 Å². The lowest BCUT2D eigenvalue weighted by Gasteiger charge is -2.30. The molecule has 194 valence electrons. The molecule has 9 nitrogen and oxygen atoms in total. The number of benzene rings is 3. The number of hydrogen-bond acceptors (Lipinski definition) is 7. The second-order valence-electron chi connectivity index (χ2n) is 8.92. The number of non-ortho nitro benzene ring substituents is 1. The summed E-state index contributed by atoms with van der Waals surface area (Å²) < 4.78 is 30.6. The van der Waals surface area contributed by atoms with Gasteiger partial charge >= 0.3 is 13.7 Å². The smallest absolute Gasteiger partial charge is 0.461 e. The molecule has 4 rings (SSSR count). The molecular formula is C27H29N2O7P. The van der Waals surface area contributed by atoms with Crippen LogP contribution in [0.4, 0.5) is 5.69 Å². The molecule has 0 spiro atoms. The molecule has 0 radical (unpaired) electrons. The van der Waals surface area contributed by atoms with Gasteiger partial charge < -0.3 is 13.8 Å². The van der Waals surface area contributed by atoms with Crippen molar-refractivity contribution in [3.05, 3.63) is 101 Å². The van der Waals surface area contributed by atoms with Gasteiger partial charge in [-0.1, -0.05) is 48.5 Å². The van der Waals surface area contributed by atoms with Gasteiger partial charge in [-0.3, -0.25) is 14.9 Å². The molecule has 10 heteroatoms. The van der Waals surface area contributed by atoms with Crippen LogP contribution in [0.3, 0.4) is 0 Å². The van der Waals surface area contributed by atoms with E-state index in [0.717, 1.165) is 25.7 Å². The van der Waals surface area contributed by atoms with Crippen molar-refractivity contribution in [1.82, 2.24) is 5.09 Å². The number of carbonyl (C=O) groups excluding carboxylic acids is 1. The highest BCUT2D eigenvalue weighted by Crippen LogP contribution is 2.45. The number of nitro benzene ring substituents is 1. The van der Waals surface area contributed by atoms with Crippen LogP contribution in [-0.2, 0) is 14.1 Å². The number of nitrogens with zero attached hydrogens (tertiary/aromatic N) is 1. The summed E-state index contributed by atoms with van der Waals surface area (Å²) >= 11 is 0. The van der Waals surface area contributed by atoms with Crippen molar-refractivity contribution in [2.24, 2.45) is 0 Å². The standard InChI is InChI=1S/C27H29N2O7P/c1-20(27(30)34-24-16-12-22(13-17-24)21-8-4-2-5-9-21)28-37(33,35-25-10-6-3-7-11-25)36-26-18-14-23(15-19-26)29(31)32/h2-11,14-15,18-20,22,24H,12-13,16-17H2,1H3,(H,28,33). The van der Waals surface area contributed by atoms with Crippen molar-refractivity contribution >= 4 is 19.4 Å². The summed E-state index contributed by atoms with van der Waals surface area (Å²) in [4.78, 5) is 23.3. The highest BCUT2D eigenvalue weighted by molar-refractivity contribution is 7.52. The van der Waals surface area contributed by atoms with E-state index in [1.54, 1.807) is 30.3 Å². The molecule has 3 aromatic carbocycles. The molecule has 1 saturated carbocycles. The van der Waals surface area contributed by atoms with Gasteiger partial charge in [-0.05, 0) is 68.4 Å². The van der Waals surface area contributed by atoms with Gasteiger partial charge in [0, 0.05) is 12.1 Å². The zero-order chi connectivity index (χ0) is 26.3. The van der Waals surface area contributed by atoms with Gasteiger partial charge in [-0.2, -0.15) is 5.09 Å². The topological polar surface area (TPSA) is 117 Å². The van der Waals surface area contributed by atoms with Crippen LogP contribution in [0.1, 0.15) is 44.1 Å². The predicted molar refractivity (Wildman–Crippen MR) is 139 cm³/mol. The van der Waals surface area contributed by atoms with Crippen LogP contribution in [0.5, 0.6) is 11.5 Å². The van der Waals surface area contributed by atoms with E-state index in [-0.39, 0.29) is 23.3 Å². The van der Waals surface area contributed by atoms with Crippen molar-refractivity contribution in [3.8, 4) is 11.5 Å². The fourth-order valence-electron chi connectivity index (χ4n) is 4.25. The Morgan fingerprint density at radius 1 is 0.892 bits per heavy atom. The third-order valence-corrected chi connectivity index (χ3v) is 7.78. The first-order valence-corrected chi connectivity index (χ1v) is 13.7. The highest BCUT2D eigenvalue weighted by Gasteiger charge is 2.35. The Morgan fingerprint density at radius 3 is 2.00 bits per heavy atom. The zero-order valence-corrected chi connectivity index (χ0v) is 21.3. The molecule has 0 aromatic heterocycles. The average Bonchev–Trinajstić information content (AvgIpc) is 2.90. The lowest BCUT2D eigenvalue weighted by Crippen LogP contribution is -2.38. The largest absolute Gasteiger partial charge is 0.513 e. The molecule has 3 aromatic rings. The van der Waals surface area contributed by atoms with Crippen molar-refractivity contribution in [2.45, 2.75) is 50.7 Å². The average molecular weight is 525 g/mol. The Labute approximate surface area is 215 Å². The Balaban J connectivity index is 1.39. The number of esters is 1. The summed E-state index contributed by atoms with van der Waals surface area (Å²) in [6.07, 6.45) is 3.11. The lowest BCUT2D eigenvalue weighted by atomic mass is 9.83. The maximum Gasteiger partial charge on any atom is 0.513 e. The fourth-order valence-corrected chi connectivity index (χ4v) is 5.78. The molecule has 0 saturated heterocycles. The number of nitro groups is 1. The number of nitrogens with one attached hydrogen (secondary N) is 1. The molecule has 1 N–H and O–H groups in total. The maximum atomic E-state index is 13.7. The van der Waals surface area contributed by atoms with Crippen LogP contribution >= 0.6 is 7.75 Å². The molecule has 0 heterocycles. The quantitative estimate of drug-likeness (QED) is 0.140. The number of ether oxygens (including phenoxy) is 1. The molecular weight excluding hydrogens is 495 g/mol. The number of hydrogen-bond donors (Lipinski definition) is 1. The second kappa shape index (κ2) is 12.0. The Hall–Kier alpha value is -3.68. The number of rotatable bonds is 10. The molecule has 2 unspecified atom stereocenters. The summed E-state index contributed by atoms with van der Waals surface area (Å²) in [6, 6.07) is 22.8. The Kier molecular flexibility index (Phi) is 8.58. The van der Waals surface area contributed by atoms with Crippen molar-refractivity contribution in [3.63, 3.8) is 0 Å². The normalized spacial score (nSPS) is 19.7. The molecule has 1 aliphatic carbocycles. The molecule has 0 bridgehead atoms. The van der Waals surface area contributed by atoms with Crippen LogP contribution in [0, 0.1) is 10.1 Å². The van der Waals surface area contributed by atoms with E-state index in [1.807, 2.05) is 18.2 Å². The highest BCUT2D eigenvalue weighted by atomic mass is 31.2. The van der Waals surface area contributed by atoms with Crippen molar-refractivity contribution in [1.29, 1.82) is 0 Å². The van der Waals surface area contributed by atoms with E-state index >= 15 is 0 Å². The first kappa shape index (κ1) is 26.4. The van der Waals surface area contributed by atoms with Crippen LogP contribution in [0.15, 0.2) is 84.9 Å². The summed E-state index contributed by atoms with van der Waals surface area (Å²) in [5.74, 6) is 0.228. The van der Waals surface area contributed by atoms with Crippen molar-refractivity contribution < 1.29 is 28.1 Å². The van der Waals surface area contributed by atoms with Gasteiger partial charge in [0.1, 0.15) is 23.6 Å². The van der Waals surface area contributed by atoms with Gasteiger partial charge in [0.2, 0.25) is 0 Å². The van der Waals surface area contributed by atoms with Gasteiger partial charge in [0.05, 0.1) is 4.92 Å². The van der Waals surface area contributed by atoms with Gasteiger partial charge in [0.25, 0.3) is 5.69 Å². The van der Waals surface area contributed by atoms with E-state index in [2.05, 4.69) is 17.2 Å². The minimum atomic E-state index is -4.14. The number of carbonyl (C=O) groups is 1. The SMILES string of the molecule is CC(NP(=O)(Oc1ccccc1)Oc1ccc([N+](=O)[O-])cc1)C(=O)OC1CCC(c2ccccc2)CC1. The number of para-hydroxylation sites is 1. The van der Waals surface area contributed by atoms with Crippen LogP contribution in [0.25, 0.3) is 0 Å². The molecule has 2 atom stereocenters. The molecule has 0 amide bonds. The third-order valence-electron chi connectivity index (χ3n) is 6.18. The summed E-state index contributed by atoms with van der Waals surface area (Å²) in [7, 11) is -4.14. The van der Waals surface area contributed by atoms with E-state index in [9.17, 15) is 19.5 Å². The summed E-state index contributed by atoms with van der Waals surface area (Å²) in [5.41, 5.74) is 1.16. The maximum absolute atomic E-state index is 13.7. The fraction of sp³-hybridized carbons (Fsp3) is 0.296. The Bertz CT molecular complexity index is 1230. The minimum Gasteiger partial charge on any atom is -0.461 e. The first-order valence-electron chi connectivity index (χ1n) is 12.1. The molecule has 1 aliphatic rings. The van der Waals surface area contributed by atoms with Crippen LogP contribution in [-0.4, -0.2) is 23.0 Å². The Morgan fingerprint density at radius 2 is 1.43 bits per heavy atom. The van der Waals surface area contributed by atoms with Crippen molar-refractivity contribution in [2.75, 3.05) is 0 Å².